The van der Waals surface area contributed by atoms with Crippen LogP contribution >= 0.6 is 0 Å². The van der Waals surface area contributed by atoms with E-state index in [1.165, 1.54) is 24.0 Å². The Morgan fingerprint density at radius 1 is 1.31 bits per heavy atom. The molecule has 0 heterocycles. The Labute approximate surface area is 81.9 Å². The molecule has 0 atom stereocenters. The van der Waals surface area contributed by atoms with Gasteiger partial charge in [-0.1, -0.05) is 30.2 Å². The summed E-state index contributed by atoms with van der Waals surface area (Å²) in [6, 6.07) is 0. The van der Waals surface area contributed by atoms with Gasteiger partial charge < -0.3 is 5.32 Å². The molecule has 1 aliphatic rings. The minimum atomic E-state index is 0.173. The SMILES string of the molecule is CCNC(C)(C)C1=CC=C(C)CC1. The highest BCUT2D eigenvalue weighted by molar-refractivity contribution is 5.29. The van der Waals surface area contributed by atoms with Gasteiger partial charge >= 0.3 is 0 Å². The van der Waals surface area contributed by atoms with E-state index in [4.69, 9.17) is 0 Å². The van der Waals surface area contributed by atoms with Gasteiger partial charge in [-0.05, 0) is 40.2 Å². The molecule has 1 heteroatoms. The van der Waals surface area contributed by atoms with Crippen LogP contribution in [0.5, 0.6) is 0 Å². The molecular weight excluding hydrogens is 158 g/mol. The number of hydrogen-bond donors (Lipinski definition) is 1. The minimum absolute atomic E-state index is 0.173. The van der Waals surface area contributed by atoms with Gasteiger partial charge in [0.25, 0.3) is 0 Å². The molecule has 0 unspecified atom stereocenters. The average Bonchev–Trinajstić information content (AvgIpc) is 2.05. The number of nitrogens with one attached hydrogen (secondary N) is 1. The summed E-state index contributed by atoms with van der Waals surface area (Å²) < 4.78 is 0. The zero-order valence-corrected chi connectivity index (χ0v) is 9.28. The van der Waals surface area contributed by atoms with E-state index < -0.39 is 0 Å². The van der Waals surface area contributed by atoms with Crippen molar-refractivity contribution in [3.05, 3.63) is 23.3 Å². The molecule has 0 bridgehead atoms. The molecule has 0 radical (unpaired) electrons. The number of likely N-dealkylation sites (N-methyl/N-ethyl adjacent to an activating group) is 1. The molecule has 0 saturated heterocycles. The fourth-order valence-electron chi connectivity index (χ4n) is 1.82. The van der Waals surface area contributed by atoms with Crippen LogP contribution < -0.4 is 5.32 Å². The topological polar surface area (TPSA) is 12.0 Å². The first kappa shape index (κ1) is 10.5. The van der Waals surface area contributed by atoms with Crippen LogP contribution in [0.3, 0.4) is 0 Å². The van der Waals surface area contributed by atoms with Crippen molar-refractivity contribution in [1.29, 1.82) is 0 Å². The van der Waals surface area contributed by atoms with Crippen LogP contribution in [0.25, 0.3) is 0 Å². The summed E-state index contributed by atoms with van der Waals surface area (Å²) in [6.07, 6.45) is 6.96. The van der Waals surface area contributed by atoms with Crippen molar-refractivity contribution >= 4 is 0 Å². The predicted molar refractivity (Wildman–Crippen MR) is 58.8 cm³/mol. The van der Waals surface area contributed by atoms with Gasteiger partial charge in [0.1, 0.15) is 0 Å². The Hall–Kier alpha value is -0.560. The lowest BCUT2D eigenvalue weighted by Crippen LogP contribution is -2.41. The summed E-state index contributed by atoms with van der Waals surface area (Å²) in [7, 11) is 0. The highest BCUT2D eigenvalue weighted by atomic mass is 14.9. The summed E-state index contributed by atoms with van der Waals surface area (Å²) in [5, 5.41) is 3.51. The van der Waals surface area contributed by atoms with E-state index in [0.717, 1.165) is 6.54 Å². The molecule has 0 saturated carbocycles. The van der Waals surface area contributed by atoms with Crippen molar-refractivity contribution in [3.63, 3.8) is 0 Å². The van der Waals surface area contributed by atoms with E-state index in [9.17, 15) is 0 Å². The molecular formula is C12H21N. The van der Waals surface area contributed by atoms with Crippen molar-refractivity contribution < 1.29 is 0 Å². The van der Waals surface area contributed by atoms with Gasteiger partial charge in [-0.25, -0.2) is 0 Å². The summed E-state index contributed by atoms with van der Waals surface area (Å²) in [5.41, 5.74) is 3.20. The lowest BCUT2D eigenvalue weighted by molar-refractivity contribution is 0.448. The highest BCUT2D eigenvalue weighted by Gasteiger charge is 2.22. The fraction of sp³-hybridized carbons (Fsp3) is 0.667. The van der Waals surface area contributed by atoms with E-state index >= 15 is 0 Å². The molecule has 1 N–H and O–H groups in total. The van der Waals surface area contributed by atoms with Crippen molar-refractivity contribution in [2.75, 3.05) is 6.54 Å². The third kappa shape index (κ3) is 2.70. The van der Waals surface area contributed by atoms with Gasteiger partial charge in [0, 0.05) is 5.54 Å². The molecule has 0 amide bonds. The number of rotatable bonds is 3. The van der Waals surface area contributed by atoms with Crippen LogP contribution in [0.4, 0.5) is 0 Å². The molecule has 0 aromatic heterocycles. The highest BCUT2D eigenvalue weighted by Crippen LogP contribution is 2.26. The van der Waals surface area contributed by atoms with E-state index in [0.29, 0.717) is 0 Å². The fourth-order valence-corrected chi connectivity index (χ4v) is 1.82. The Bertz CT molecular complexity index is 234. The zero-order chi connectivity index (χ0) is 9.90. The van der Waals surface area contributed by atoms with Gasteiger partial charge in [-0.15, -0.1) is 0 Å². The van der Waals surface area contributed by atoms with Crippen LogP contribution in [0, 0.1) is 0 Å². The van der Waals surface area contributed by atoms with E-state index in [1.807, 2.05) is 0 Å². The zero-order valence-electron chi connectivity index (χ0n) is 9.28. The molecule has 1 aliphatic carbocycles. The molecule has 1 nitrogen and oxygen atoms in total. The molecule has 0 aliphatic heterocycles. The lowest BCUT2D eigenvalue weighted by atomic mass is 9.86. The second kappa shape index (κ2) is 4.10. The third-order valence-corrected chi connectivity index (χ3v) is 2.78. The third-order valence-electron chi connectivity index (χ3n) is 2.78. The van der Waals surface area contributed by atoms with Crippen molar-refractivity contribution in [2.24, 2.45) is 0 Å². The van der Waals surface area contributed by atoms with Crippen molar-refractivity contribution in [2.45, 2.75) is 46.1 Å². The van der Waals surface area contributed by atoms with Crippen molar-refractivity contribution in [1.82, 2.24) is 5.32 Å². The van der Waals surface area contributed by atoms with E-state index in [-0.39, 0.29) is 5.54 Å². The predicted octanol–water partition coefficient (Wildman–Crippen LogP) is 3.04. The van der Waals surface area contributed by atoms with Crippen LogP contribution in [0.15, 0.2) is 23.3 Å². The summed E-state index contributed by atoms with van der Waals surface area (Å²) >= 11 is 0. The normalized spacial score (nSPS) is 18.2. The first-order chi connectivity index (χ1) is 6.06. The first-order valence-corrected chi connectivity index (χ1v) is 5.18. The van der Waals surface area contributed by atoms with Crippen molar-refractivity contribution in [3.8, 4) is 0 Å². The summed E-state index contributed by atoms with van der Waals surface area (Å²) in [5.74, 6) is 0. The Balaban J connectivity index is 2.71. The molecule has 0 aromatic carbocycles. The monoisotopic (exact) mass is 179 g/mol. The first-order valence-electron chi connectivity index (χ1n) is 5.18. The lowest BCUT2D eigenvalue weighted by Gasteiger charge is -2.30. The second-order valence-electron chi connectivity index (χ2n) is 4.36. The molecule has 0 spiro atoms. The molecule has 13 heavy (non-hydrogen) atoms. The number of hydrogen-bond acceptors (Lipinski definition) is 1. The summed E-state index contributed by atoms with van der Waals surface area (Å²) in [6.45, 7) is 9.92. The quantitative estimate of drug-likeness (QED) is 0.702. The van der Waals surface area contributed by atoms with Gasteiger partial charge in [-0.3, -0.25) is 0 Å². The average molecular weight is 179 g/mol. The Kier molecular flexibility index (Phi) is 3.32. The molecule has 1 rings (SSSR count). The minimum Gasteiger partial charge on any atom is -0.308 e. The van der Waals surface area contributed by atoms with E-state index in [2.05, 4.69) is 45.2 Å². The van der Waals surface area contributed by atoms with Gasteiger partial charge in [-0.2, -0.15) is 0 Å². The Morgan fingerprint density at radius 2 is 2.00 bits per heavy atom. The maximum absolute atomic E-state index is 3.51. The maximum atomic E-state index is 3.51. The largest absolute Gasteiger partial charge is 0.308 e. The van der Waals surface area contributed by atoms with Gasteiger partial charge in [0.2, 0.25) is 0 Å². The van der Waals surface area contributed by atoms with Crippen LogP contribution in [-0.2, 0) is 0 Å². The molecule has 0 fully saturated rings. The maximum Gasteiger partial charge on any atom is 0.0339 e. The Morgan fingerprint density at radius 3 is 2.46 bits per heavy atom. The van der Waals surface area contributed by atoms with Crippen LogP contribution in [0.1, 0.15) is 40.5 Å². The van der Waals surface area contributed by atoms with Gasteiger partial charge in [0.15, 0.2) is 0 Å². The standard InChI is InChI=1S/C12H21N/c1-5-13-12(3,4)11-8-6-10(2)7-9-11/h6,8,13H,5,7,9H2,1-4H3. The van der Waals surface area contributed by atoms with Gasteiger partial charge in [0.05, 0.1) is 0 Å². The smallest absolute Gasteiger partial charge is 0.0339 e. The number of allylic oxidation sites excluding steroid dienone is 3. The molecule has 74 valence electrons. The van der Waals surface area contributed by atoms with Crippen LogP contribution in [0.2, 0.25) is 0 Å². The molecule has 0 aromatic rings. The summed E-state index contributed by atoms with van der Waals surface area (Å²) in [4.78, 5) is 0. The van der Waals surface area contributed by atoms with E-state index in [1.54, 1.807) is 0 Å². The second-order valence-corrected chi connectivity index (χ2v) is 4.36. The van der Waals surface area contributed by atoms with Crippen LogP contribution in [-0.4, -0.2) is 12.1 Å².